The normalized spacial score (nSPS) is 50.2. The molecule has 4 unspecified atom stereocenters. The van der Waals surface area contributed by atoms with E-state index in [2.05, 4.69) is 0 Å². The Labute approximate surface area is 104 Å². The monoisotopic (exact) mass is 296 g/mol. The topological polar surface area (TPSA) is 0 Å². The van der Waals surface area contributed by atoms with Crippen LogP contribution in [-0.2, 0) is 0 Å². The van der Waals surface area contributed by atoms with Crippen molar-refractivity contribution >= 4 is 0 Å². The zero-order valence-corrected chi connectivity index (χ0v) is 10.1. The van der Waals surface area contributed by atoms with Crippen molar-refractivity contribution in [2.75, 3.05) is 0 Å². The summed E-state index contributed by atoms with van der Waals surface area (Å²) < 4.78 is 109. The molecule has 0 bridgehead atoms. The fourth-order valence-corrected chi connectivity index (χ4v) is 3.53. The minimum Gasteiger partial charge on any atom is -0.233 e. The van der Waals surface area contributed by atoms with Gasteiger partial charge in [-0.2, -0.15) is 26.3 Å². The average molecular weight is 296 g/mol. The van der Waals surface area contributed by atoms with Gasteiger partial charge in [-0.1, -0.05) is 13.8 Å². The molecule has 4 atom stereocenters. The van der Waals surface area contributed by atoms with Gasteiger partial charge in [0.1, 0.15) is 0 Å². The molecule has 112 valence electrons. The molecule has 8 heteroatoms. The SMILES string of the molecule is CCC1CC(C)C2(F)C(F)(F)C(F)(F)C(F)(F)C12F. The summed E-state index contributed by atoms with van der Waals surface area (Å²) in [5.41, 5.74) is -9.12. The van der Waals surface area contributed by atoms with Crippen molar-refractivity contribution in [1.82, 2.24) is 0 Å². The van der Waals surface area contributed by atoms with Gasteiger partial charge in [-0.05, 0) is 12.8 Å². The van der Waals surface area contributed by atoms with Gasteiger partial charge >= 0.3 is 17.8 Å². The standard InChI is InChI=1S/C11H12F8/c1-3-6-4-5(2)7(12)8(6,13)10(16,17)11(18,19)9(7,14)15/h5-6H,3-4H2,1-2H3. The van der Waals surface area contributed by atoms with Crippen LogP contribution in [0.15, 0.2) is 0 Å². The molecular formula is C11H12F8. The Kier molecular flexibility index (Phi) is 2.63. The molecule has 2 fully saturated rings. The summed E-state index contributed by atoms with van der Waals surface area (Å²) in [6, 6.07) is 0. The van der Waals surface area contributed by atoms with Gasteiger partial charge in [-0.15, -0.1) is 0 Å². The fourth-order valence-electron chi connectivity index (χ4n) is 3.53. The summed E-state index contributed by atoms with van der Waals surface area (Å²) in [6.45, 7) is 1.94. The van der Waals surface area contributed by atoms with Crippen LogP contribution < -0.4 is 0 Å². The van der Waals surface area contributed by atoms with E-state index in [0.717, 1.165) is 6.92 Å². The van der Waals surface area contributed by atoms with Gasteiger partial charge in [0.25, 0.3) is 0 Å². The maximum Gasteiger partial charge on any atom is 0.378 e. The summed E-state index contributed by atoms with van der Waals surface area (Å²) >= 11 is 0. The van der Waals surface area contributed by atoms with Crippen LogP contribution >= 0.6 is 0 Å². The highest BCUT2D eigenvalue weighted by Gasteiger charge is 3.01. The molecule has 0 aliphatic heterocycles. The lowest BCUT2D eigenvalue weighted by Crippen LogP contribution is -2.58. The Morgan fingerprint density at radius 1 is 0.789 bits per heavy atom. The number of rotatable bonds is 1. The van der Waals surface area contributed by atoms with Crippen molar-refractivity contribution in [2.45, 2.75) is 55.8 Å². The van der Waals surface area contributed by atoms with E-state index in [1.807, 2.05) is 0 Å². The average Bonchev–Trinajstić information content (AvgIpc) is 2.54. The zero-order chi connectivity index (χ0) is 15.1. The van der Waals surface area contributed by atoms with Crippen molar-refractivity contribution < 1.29 is 35.1 Å². The van der Waals surface area contributed by atoms with E-state index >= 15 is 0 Å². The predicted octanol–water partition coefficient (Wildman–Crippen LogP) is 4.39. The van der Waals surface area contributed by atoms with E-state index in [4.69, 9.17) is 0 Å². The summed E-state index contributed by atoms with van der Waals surface area (Å²) in [7, 11) is 0. The molecule has 0 radical (unpaired) electrons. The minimum absolute atomic E-state index is 0.422. The van der Waals surface area contributed by atoms with Crippen LogP contribution in [0.5, 0.6) is 0 Å². The third-order valence-electron chi connectivity index (χ3n) is 4.60. The van der Waals surface area contributed by atoms with Gasteiger partial charge in [0.05, 0.1) is 0 Å². The first-order valence-electron chi connectivity index (χ1n) is 5.85. The van der Waals surface area contributed by atoms with E-state index in [1.165, 1.54) is 6.92 Å². The molecule has 0 saturated heterocycles. The summed E-state index contributed by atoms with van der Waals surface area (Å²) in [5, 5.41) is 0. The quantitative estimate of drug-likeness (QED) is 0.630. The Morgan fingerprint density at radius 3 is 1.63 bits per heavy atom. The Balaban J connectivity index is 2.78. The smallest absolute Gasteiger partial charge is 0.233 e. The molecule has 0 aromatic heterocycles. The molecule has 0 aromatic rings. The number of halogens is 8. The number of fused-ring (bicyclic) bond motifs is 1. The molecule has 0 amide bonds. The summed E-state index contributed by atoms with van der Waals surface area (Å²) in [4.78, 5) is 0. The molecule has 0 spiro atoms. The molecular weight excluding hydrogens is 284 g/mol. The van der Waals surface area contributed by atoms with Gasteiger partial charge in [-0.25, -0.2) is 8.78 Å². The van der Waals surface area contributed by atoms with Crippen LogP contribution in [0.25, 0.3) is 0 Å². The largest absolute Gasteiger partial charge is 0.378 e. The second-order valence-corrected chi connectivity index (χ2v) is 5.39. The minimum atomic E-state index is -6.05. The van der Waals surface area contributed by atoms with Crippen LogP contribution in [0.4, 0.5) is 35.1 Å². The van der Waals surface area contributed by atoms with E-state index < -0.39 is 53.8 Å². The van der Waals surface area contributed by atoms with Gasteiger partial charge in [0, 0.05) is 11.8 Å². The van der Waals surface area contributed by atoms with Crippen molar-refractivity contribution in [3.63, 3.8) is 0 Å². The van der Waals surface area contributed by atoms with Crippen molar-refractivity contribution in [2.24, 2.45) is 11.8 Å². The Bertz CT molecular complexity index is 405. The second-order valence-electron chi connectivity index (χ2n) is 5.39. The van der Waals surface area contributed by atoms with Crippen molar-refractivity contribution in [3.05, 3.63) is 0 Å². The highest BCUT2D eigenvalue weighted by Crippen LogP contribution is 2.76. The van der Waals surface area contributed by atoms with Crippen molar-refractivity contribution in [3.8, 4) is 0 Å². The lowest BCUT2D eigenvalue weighted by atomic mass is 9.81. The molecule has 0 aromatic carbocycles. The molecule has 2 aliphatic carbocycles. The van der Waals surface area contributed by atoms with Crippen LogP contribution in [0, 0.1) is 11.8 Å². The first kappa shape index (κ1) is 14.8. The Hall–Kier alpha value is -0.560. The lowest BCUT2D eigenvalue weighted by Gasteiger charge is -2.35. The van der Waals surface area contributed by atoms with Gasteiger partial charge in [0.2, 0.25) is 11.3 Å². The van der Waals surface area contributed by atoms with Gasteiger partial charge in [-0.3, -0.25) is 0 Å². The number of hydrogen-bond acceptors (Lipinski definition) is 0. The summed E-state index contributed by atoms with van der Waals surface area (Å²) in [6.07, 6.45) is -1.04. The van der Waals surface area contributed by atoms with E-state index in [0.29, 0.717) is 0 Å². The van der Waals surface area contributed by atoms with E-state index in [1.54, 1.807) is 0 Å². The van der Waals surface area contributed by atoms with Gasteiger partial charge < -0.3 is 0 Å². The molecule has 0 heterocycles. The lowest BCUT2D eigenvalue weighted by molar-refractivity contribution is -0.299. The maximum atomic E-state index is 14.5. The second kappa shape index (κ2) is 3.36. The van der Waals surface area contributed by atoms with Crippen LogP contribution in [0.2, 0.25) is 0 Å². The number of hydrogen-bond donors (Lipinski definition) is 0. The van der Waals surface area contributed by atoms with Gasteiger partial charge in [0.15, 0.2) is 0 Å². The van der Waals surface area contributed by atoms with Crippen LogP contribution in [-0.4, -0.2) is 29.1 Å². The highest BCUT2D eigenvalue weighted by atomic mass is 19.4. The third-order valence-corrected chi connectivity index (χ3v) is 4.60. The summed E-state index contributed by atoms with van der Waals surface area (Å²) in [5.74, 6) is -21.3. The molecule has 2 aliphatic rings. The van der Waals surface area contributed by atoms with Crippen LogP contribution in [0.3, 0.4) is 0 Å². The molecule has 2 rings (SSSR count). The predicted molar refractivity (Wildman–Crippen MR) is 50.1 cm³/mol. The highest BCUT2D eigenvalue weighted by molar-refractivity contribution is 5.35. The first-order valence-corrected chi connectivity index (χ1v) is 5.85. The molecule has 0 nitrogen and oxygen atoms in total. The first-order chi connectivity index (χ1) is 8.34. The van der Waals surface area contributed by atoms with E-state index in [9.17, 15) is 35.1 Å². The van der Waals surface area contributed by atoms with Crippen LogP contribution in [0.1, 0.15) is 26.7 Å². The molecule has 0 N–H and O–H groups in total. The van der Waals surface area contributed by atoms with Crippen molar-refractivity contribution in [1.29, 1.82) is 0 Å². The molecule has 2 saturated carbocycles. The third kappa shape index (κ3) is 1.07. The van der Waals surface area contributed by atoms with E-state index in [-0.39, 0.29) is 0 Å². The molecule has 19 heavy (non-hydrogen) atoms. The Morgan fingerprint density at radius 2 is 1.21 bits per heavy atom. The fraction of sp³-hybridized carbons (Fsp3) is 1.00. The zero-order valence-electron chi connectivity index (χ0n) is 10.1. The number of alkyl halides is 8. The maximum absolute atomic E-state index is 14.5.